The molecule has 1 aliphatic rings. The van der Waals surface area contributed by atoms with E-state index in [9.17, 15) is 13.2 Å². The largest absolute Gasteiger partial charge is 0.335 e. The summed E-state index contributed by atoms with van der Waals surface area (Å²) in [7, 11) is -3.20. The minimum absolute atomic E-state index is 0.0808. The Bertz CT molecular complexity index is 857. The molecule has 1 saturated heterocycles. The molecule has 1 aromatic heterocycles. The first-order chi connectivity index (χ1) is 11.9. The van der Waals surface area contributed by atoms with Gasteiger partial charge in [-0.05, 0) is 19.1 Å². The number of hydrogen-bond acceptors (Lipinski definition) is 5. The van der Waals surface area contributed by atoms with Gasteiger partial charge in [0.2, 0.25) is 10.0 Å². The van der Waals surface area contributed by atoms with Crippen molar-refractivity contribution < 1.29 is 13.2 Å². The average Bonchev–Trinajstić information content (AvgIpc) is 3.12. The molecule has 1 fully saturated rings. The molecule has 6 nitrogen and oxygen atoms in total. The molecule has 0 atom stereocenters. The van der Waals surface area contributed by atoms with Crippen LogP contribution < -0.4 is 0 Å². The van der Waals surface area contributed by atoms with E-state index in [0.717, 1.165) is 10.6 Å². The van der Waals surface area contributed by atoms with Gasteiger partial charge in [0.25, 0.3) is 5.91 Å². The summed E-state index contributed by atoms with van der Waals surface area (Å²) in [6.45, 7) is 3.05. The number of piperazine rings is 1. The average molecular weight is 400 g/mol. The van der Waals surface area contributed by atoms with Crippen LogP contribution in [0.5, 0.6) is 0 Å². The van der Waals surface area contributed by atoms with Crippen LogP contribution in [0, 0.1) is 0 Å². The molecule has 0 saturated carbocycles. The Labute approximate surface area is 156 Å². The monoisotopic (exact) mass is 399 g/mol. The molecule has 2 aromatic rings. The molecule has 0 N–H and O–H groups in total. The molecular weight excluding hydrogens is 382 g/mol. The summed E-state index contributed by atoms with van der Waals surface area (Å²) < 4.78 is 25.2. The summed E-state index contributed by atoms with van der Waals surface area (Å²) >= 11 is 7.29. The van der Waals surface area contributed by atoms with Crippen LogP contribution in [0.1, 0.15) is 17.4 Å². The molecule has 0 spiro atoms. The zero-order valence-corrected chi connectivity index (χ0v) is 16.1. The quantitative estimate of drug-likeness (QED) is 0.792. The van der Waals surface area contributed by atoms with Gasteiger partial charge in [-0.15, -0.1) is 11.3 Å². The van der Waals surface area contributed by atoms with Crippen molar-refractivity contribution in [2.24, 2.45) is 0 Å². The molecule has 0 aliphatic carbocycles. The molecule has 1 aliphatic heterocycles. The Kier molecular flexibility index (Phi) is 5.43. The number of amides is 1. The Hall–Kier alpha value is -1.48. The number of carbonyl (C=O) groups excluding carboxylic acids is 1. The van der Waals surface area contributed by atoms with Crippen molar-refractivity contribution in [3.8, 4) is 10.6 Å². The highest BCUT2D eigenvalue weighted by Crippen LogP contribution is 2.25. The van der Waals surface area contributed by atoms with E-state index in [4.69, 9.17) is 11.6 Å². The van der Waals surface area contributed by atoms with Gasteiger partial charge in [-0.2, -0.15) is 4.31 Å². The minimum atomic E-state index is -3.20. The maximum absolute atomic E-state index is 12.6. The van der Waals surface area contributed by atoms with E-state index in [1.54, 1.807) is 29.3 Å². The van der Waals surface area contributed by atoms with E-state index in [0.29, 0.717) is 36.9 Å². The third-order valence-corrected chi connectivity index (χ3v) is 7.12. The standard InChI is InChI=1S/C16H18ClN3O3S2/c1-2-25(22,23)20-9-7-19(8-10-20)16(21)14-11-24-15(18-14)12-3-5-13(17)6-4-12/h3-6,11H,2,7-10H2,1H3. The molecule has 0 bridgehead atoms. The second-order valence-corrected chi connectivity index (χ2v) is 9.19. The summed E-state index contributed by atoms with van der Waals surface area (Å²) in [4.78, 5) is 18.7. The highest BCUT2D eigenvalue weighted by Gasteiger charge is 2.28. The molecule has 0 unspecified atom stereocenters. The fourth-order valence-electron chi connectivity index (χ4n) is 2.61. The van der Waals surface area contributed by atoms with Gasteiger partial charge in [-0.25, -0.2) is 13.4 Å². The molecule has 1 aromatic carbocycles. The zero-order chi connectivity index (χ0) is 18.0. The van der Waals surface area contributed by atoms with Crippen molar-refractivity contribution in [3.63, 3.8) is 0 Å². The third kappa shape index (κ3) is 4.03. The highest BCUT2D eigenvalue weighted by atomic mass is 35.5. The fourth-order valence-corrected chi connectivity index (χ4v) is 4.62. The summed E-state index contributed by atoms with van der Waals surface area (Å²) in [6, 6.07) is 7.30. The molecule has 0 radical (unpaired) electrons. The smallest absolute Gasteiger partial charge is 0.273 e. The normalized spacial score (nSPS) is 16.2. The summed E-state index contributed by atoms with van der Waals surface area (Å²) in [5.74, 6) is -0.0812. The molecule has 1 amide bonds. The first-order valence-electron chi connectivity index (χ1n) is 7.89. The first kappa shape index (κ1) is 18.3. The predicted octanol–water partition coefficient (Wildman–Crippen LogP) is 2.57. The van der Waals surface area contributed by atoms with E-state index in [2.05, 4.69) is 4.98 Å². The summed E-state index contributed by atoms with van der Waals surface area (Å²) in [5.41, 5.74) is 1.30. The fraction of sp³-hybridized carbons (Fsp3) is 0.375. The lowest BCUT2D eigenvalue weighted by Crippen LogP contribution is -2.50. The number of benzene rings is 1. The molecule has 134 valence electrons. The lowest BCUT2D eigenvalue weighted by Gasteiger charge is -2.33. The number of thiazole rings is 1. The van der Waals surface area contributed by atoms with Crippen molar-refractivity contribution >= 4 is 38.9 Å². The maximum atomic E-state index is 12.6. The van der Waals surface area contributed by atoms with Crippen LogP contribution in [0.15, 0.2) is 29.6 Å². The van der Waals surface area contributed by atoms with Crippen LogP contribution in [0.2, 0.25) is 5.02 Å². The number of aromatic nitrogens is 1. The Morgan fingerprint density at radius 2 is 1.84 bits per heavy atom. The molecule has 25 heavy (non-hydrogen) atoms. The Morgan fingerprint density at radius 3 is 2.44 bits per heavy atom. The topological polar surface area (TPSA) is 70.6 Å². The van der Waals surface area contributed by atoms with Gasteiger partial charge in [0.15, 0.2) is 0 Å². The lowest BCUT2D eigenvalue weighted by molar-refractivity contribution is 0.0693. The lowest BCUT2D eigenvalue weighted by atomic mass is 10.2. The number of hydrogen-bond donors (Lipinski definition) is 0. The molecule has 2 heterocycles. The van der Waals surface area contributed by atoms with Gasteiger partial charge in [-0.3, -0.25) is 4.79 Å². The Balaban J connectivity index is 1.68. The van der Waals surface area contributed by atoms with Crippen LogP contribution in [0.3, 0.4) is 0 Å². The van der Waals surface area contributed by atoms with Crippen LogP contribution in [-0.2, 0) is 10.0 Å². The number of halogens is 1. The van der Waals surface area contributed by atoms with E-state index >= 15 is 0 Å². The Morgan fingerprint density at radius 1 is 1.20 bits per heavy atom. The van der Waals surface area contributed by atoms with Crippen molar-refractivity contribution in [1.82, 2.24) is 14.2 Å². The summed E-state index contributed by atoms with van der Waals surface area (Å²) in [6.07, 6.45) is 0. The molecule has 3 rings (SSSR count). The minimum Gasteiger partial charge on any atom is -0.335 e. The van der Waals surface area contributed by atoms with Crippen molar-refractivity contribution in [1.29, 1.82) is 0 Å². The number of nitrogens with zero attached hydrogens (tertiary/aromatic N) is 3. The SMILES string of the molecule is CCS(=O)(=O)N1CCN(C(=O)c2csc(-c3ccc(Cl)cc3)n2)CC1. The zero-order valence-electron chi connectivity index (χ0n) is 13.7. The van der Waals surface area contributed by atoms with Gasteiger partial charge in [0.05, 0.1) is 5.75 Å². The number of carbonyl (C=O) groups is 1. The van der Waals surface area contributed by atoms with Crippen LogP contribution in [0.4, 0.5) is 0 Å². The number of rotatable bonds is 4. The third-order valence-electron chi connectivity index (χ3n) is 4.10. The predicted molar refractivity (Wildman–Crippen MR) is 99.5 cm³/mol. The summed E-state index contributed by atoms with van der Waals surface area (Å²) in [5, 5.41) is 3.14. The second-order valence-electron chi connectivity index (χ2n) is 5.64. The van der Waals surface area contributed by atoms with Crippen LogP contribution >= 0.6 is 22.9 Å². The van der Waals surface area contributed by atoms with Crippen molar-refractivity contribution in [2.45, 2.75) is 6.92 Å². The van der Waals surface area contributed by atoms with Gasteiger partial charge in [0.1, 0.15) is 10.7 Å². The maximum Gasteiger partial charge on any atom is 0.273 e. The van der Waals surface area contributed by atoms with E-state index < -0.39 is 10.0 Å². The second kappa shape index (κ2) is 7.41. The highest BCUT2D eigenvalue weighted by molar-refractivity contribution is 7.89. The van der Waals surface area contributed by atoms with Gasteiger partial charge in [0, 0.05) is 42.1 Å². The van der Waals surface area contributed by atoms with Gasteiger partial charge in [-0.1, -0.05) is 23.7 Å². The van der Waals surface area contributed by atoms with Gasteiger partial charge >= 0.3 is 0 Å². The van der Waals surface area contributed by atoms with E-state index in [1.165, 1.54) is 15.6 Å². The van der Waals surface area contributed by atoms with Crippen molar-refractivity contribution in [3.05, 3.63) is 40.4 Å². The van der Waals surface area contributed by atoms with Gasteiger partial charge < -0.3 is 4.90 Å². The van der Waals surface area contributed by atoms with Crippen LogP contribution in [0.25, 0.3) is 10.6 Å². The van der Waals surface area contributed by atoms with Crippen molar-refractivity contribution in [2.75, 3.05) is 31.9 Å². The first-order valence-corrected chi connectivity index (χ1v) is 10.8. The van der Waals surface area contributed by atoms with E-state index in [-0.39, 0.29) is 11.7 Å². The molecule has 9 heteroatoms. The van der Waals surface area contributed by atoms with Crippen LogP contribution in [-0.4, -0.2) is 60.4 Å². The number of sulfonamides is 1. The van der Waals surface area contributed by atoms with E-state index in [1.807, 2.05) is 12.1 Å². The molecular formula is C16H18ClN3O3S2.